The Morgan fingerprint density at radius 3 is 2.47 bits per heavy atom. The van der Waals surface area contributed by atoms with Crippen molar-refractivity contribution in [2.45, 2.75) is 39.2 Å². The molecule has 0 atom stereocenters. The van der Waals surface area contributed by atoms with Crippen LogP contribution in [0.15, 0.2) is 42.5 Å². The minimum atomic E-state index is 0.0111. The summed E-state index contributed by atoms with van der Waals surface area (Å²) in [7, 11) is 3.23. The van der Waals surface area contributed by atoms with Gasteiger partial charge in [0.15, 0.2) is 11.5 Å². The summed E-state index contributed by atoms with van der Waals surface area (Å²) in [6, 6.07) is 13.7. The van der Waals surface area contributed by atoms with Gasteiger partial charge in [0.25, 0.3) is 0 Å². The SMILES string of the molecule is COc1ccc(CCNC(=O)CCN(c2nc(Cc3ccc(Cl)cc3)ns2)C(C)C)cc1OC. The molecule has 0 saturated carbocycles. The van der Waals surface area contributed by atoms with Gasteiger partial charge < -0.3 is 19.7 Å². The van der Waals surface area contributed by atoms with Crippen molar-refractivity contribution in [3.8, 4) is 11.5 Å². The van der Waals surface area contributed by atoms with Crippen molar-refractivity contribution in [3.63, 3.8) is 0 Å². The highest BCUT2D eigenvalue weighted by Gasteiger charge is 2.17. The molecule has 0 radical (unpaired) electrons. The number of hydrogen-bond acceptors (Lipinski definition) is 7. The molecule has 0 bridgehead atoms. The second-order valence-electron chi connectivity index (χ2n) is 8.12. The molecule has 1 heterocycles. The number of rotatable bonds is 12. The number of benzene rings is 2. The van der Waals surface area contributed by atoms with E-state index in [0.29, 0.717) is 48.9 Å². The number of hydrogen-bond donors (Lipinski definition) is 1. The van der Waals surface area contributed by atoms with Crippen LogP contribution in [0.1, 0.15) is 37.2 Å². The molecule has 9 heteroatoms. The van der Waals surface area contributed by atoms with Crippen LogP contribution in [0.4, 0.5) is 5.13 Å². The Balaban J connectivity index is 1.49. The molecular formula is C25H31ClN4O3S. The number of aromatic nitrogens is 2. The van der Waals surface area contributed by atoms with Gasteiger partial charge >= 0.3 is 0 Å². The van der Waals surface area contributed by atoms with Crippen molar-refractivity contribution in [2.24, 2.45) is 0 Å². The first kappa shape index (κ1) is 25.8. The Labute approximate surface area is 210 Å². The molecule has 2 aromatic carbocycles. The van der Waals surface area contributed by atoms with Crippen LogP contribution in [0.5, 0.6) is 11.5 Å². The van der Waals surface area contributed by atoms with E-state index in [-0.39, 0.29) is 11.9 Å². The van der Waals surface area contributed by atoms with Gasteiger partial charge in [-0.1, -0.05) is 29.8 Å². The first-order chi connectivity index (χ1) is 16.4. The van der Waals surface area contributed by atoms with Crippen LogP contribution in [0, 0.1) is 0 Å². The number of halogens is 1. The molecule has 1 aromatic heterocycles. The van der Waals surface area contributed by atoms with Crippen LogP contribution >= 0.6 is 23.1 Å². The minimum absolute atomic E-state index is 0.0111. The van der Waals surface area contributed by atoms with E-state index in [9.17, 15) is 4.79 Å². The third-order valence-corrected chi connectivity index (χ3v) is 6.41. The van der Waals surface area contributed by atoms with Gasteiger partial charge in [0.05, 0.1) is 14.2 Å². The lowest BCUT2D eigenvalue weighted by Gasteiger charge is -2.25. The predicted molar refractivity (Wildman–Crippen MR) is 138 cm³/mol. The summed E-state index contributed by atoms with van der Waals surface area (Å²) in [4.78, 5) is 19.3. The van der Waals surface area contributed by atoms with Gasteiger partial charge in [0.2, 0.25) is 11.0 Å². The van der Waals surface area contributed by atoms with Crippen molar-refractivity contribution in [3.05, 3.63) is 64.4 Å². The second-order valence-corrected chi connectivity index (χ2v) is 9.29. The Hall–Kier alpha value is -2.84. The quantitative estimate of drug-likeness (QED) is 0.384. The lowest BCUT2D eigenvalue weighted by atomic mass is 10.1. The Bertz CT molecular complexity index is 1070. The fraction of sp³-hybridized carbons (Fsp3) is 0.400. The number of carbonyl (C=O) groups excluding carboxylic acids is 1. The highest BCUT2D eigenvalue weighted by molar-refractivity contribution is 7.09. The average molecular weight is 503 g/mol. The Morgan fingerprint density at radius 1 is 1.09 bits per heavy atom. The summed E-state index contributed by atoms with van der Waals surface area (Å²) in [5, 5.41) is 4.55. The molecule has 182 valence electrons. The van der Waals surface area contributed by atoms with Crippen LogP contribution in [0.3, 0.4) is 0 Å². The Kier molecular flexibility index (Phi) is 9.53. The molecule has 7 nitrogen and oxygen atoms in total. The normalized spacial score (nSPS) is 10.9. The maximum atomic E-state index is 12.5. The van der Waals surface area contributed by atoms with E-state index < -0.39 is 0 Å². The molecule has 0 spiro atoms. The van der Waals surface area contributed by atoms with E-state index in [0.717, 1.165) is 22.1 Å². The number of ether oxygens (including phenoxy) is 2. The van der Waals surface area contributed by atoms with Crippen molar-refractivity contribution < 1.29 is 14.3 Å². The molecule has 0 aliphatic carbocycles. The van der Waals surface area contributed by atoms with E-state index in [1.807, 2.05) is 42.5 Å². The third-order valence-electron chi connectivity index (χ3n) is 5.37. The lowest BCUT2D eigenvalue weighted by molar-refractivity contribution is -0.120. The van der Waals surface area contributed by atoms with E-state index in [1.165, 1.54) is 11.5 Å². The highest BCUT2D eigenvalue weighted by Crippen LogP contribution is 2.27. The molecule has 0 unspecified atom stereocenters. The van der Waals surface area contributed by atoms with E-state index >= 15 is 0 Å². The molecule has 34 heavy (non-hydrogen) atoms. The lowest BCUT2D eigenvalue weighted by Crippen LogP contribution is -2.35. The maximum Gasteiger partial charge on any atom is 0.221 e. The summed E-state index contributed by atoms with van der Waals surface area (Å²) in [6.07, 6.45) is 1.75. The van der Waals surface area contributed by atoms with Crippen LogP contribution in [-0.2, 0) is 17.6 Å². The molecule has 1 amide bonds. The standard InChI is InChI=1S/C25H31ClN4O3S/c1-17(2)30(25-28-23(29-34-25)16-18-5-8-20(26)9-6-18)14-12-24(31)27-13-11-19-7-10-21(32-3)22(15-19)33-4/h5-10,15,17H,11-14,16H2,1-4H3,(H,27,31). The average Bonchev–Trinajstić information content (AvgIpc) is 3.28. The van der Waals surface area contributed by atoms with Crippen LogP contribution in [-0.4, -0.2) is 48.6 Å². The smallest absolute Gasteiger partial charge is 0.221 e. The number of nitrogens with zero attached hydrogens (tertiary/aromatic N) is 3. The molecule has 3 rings (SSSR count). The molecule has 0 saturated heterocycles. The van der Waals surface area contributed by atoms with Gasteiger partial charge in [-0.25, -0.2) is 4.98 Å². The summed E-state index contributed by atoms with van der Waals surface area (Å²) >= 11 is 7.33. The van der Waals surface area contributed by atoms with Crippen LogP contribution in [0.2, 0.25) is 5.02 Å². The maximum absolute atomic E-state index is 12.5. The second kappa shape index (κ2) is 12.6. The van der Waals surface area contributed by atoms with Gasteiger partial charge in [-0.3, -0.25) is 4.79 Å². The van der Waals surface area contributed by atoms with Crippen LogP contribution < -0.4 is 19.7 Å². The fourth-order valence-electron chi connectivity index (χ4n) is 3.49. The van der Waals surface area contributed by atoms with E-state index in [4.69, 9.17) is 26.1 Å². The molecule has 0 aliphatic heterocycles. The monoisotopic (exact) mass is 502 g/mol. The molecule has 0 aliphatic rings. The number of nitrogens with one attached hydrogen (secondary N) is 1. The van der Waals surface area contributed by atoms with Gasteiger partial charge in [0.1, 0.15) is 5.82 Å². The zero-order valence-electron chi connectivity index (χ0n) is 20.0. The third kappa shape index (κ3) is 7.33. The van der Waals surface area contributed by atoms with Crippen molar-refractivity contribution in [1.82, 2.24) is 14.7 Å². The first-order valence-corrected chi connectivity index (χ1v) is 12.4. The van der Waals surface area contributed by atoms with Crippen molar-refractivity contribution in [2.75, 3.05) is 32.2 Å². The van der Waals surface area contributed by atoms with E-state index in [1.54, 1.807) is 14.2 Å². The fourth-order valence-corrected chi connectivity index (χ4v) is 4.46. The van der Waals surface area contributed by atoms with Crippen molar-refractivity contribution in [1.29, 1.82) is 0 Å². The zero-order chi connectivity index (χ0) is 24.5. The number of carbonyl (C=O) groups is 1. The first-order valence-electron chi connectivity index (χ1n) is 11.2. The van der Waals surface area contributed by atoms with E-state index in [2.05, 4.69) is 28.4 Å². The van der Waals surface area contributed by atoms with Gasteiger partial charge in [-0.05, 0) is 55.7 Å². The molecule has 3 aromatic rings. The summed E-state index contributed by atoms with van der Waals surface area (Å²) in [6.45, 7) is 5.32. The van der Waals surface area contributed by atoms with Crippen LogP contribution in [0.25, 0.3) is 0 Å². The molecular weight excluding hydrogens is 472 g/mol. The van der Waals surface area contributed by atoms with Gasteiger partial charge in [-0.2, -0.15) is 4.37 Å². The van der Waals surface area contributed by atoms with Gasteiger partial charge in [-0.15, -0.1) is 0 Å². The largest absolute Gasteiger partial charge is 0.493 e. The predicted octanol–water partition coefficient (Wildman–Crippen LogP) is 4.76. The summed E-state index contributed by atoms with van der Waals surface area (Å²) < 4.78 is 15.1. The number of amides is 1. The molecule has 1 N–H and O–H groups in total. The highest BCUT2D eigenvalue weighted by atomic mass is 35.5. The summed E-state index contributed by atoms with van der Waals surface area (Å²) in [5.41, 5.74) is 2.18. The minimum Gasteiger partial charge on any atom is -0.493 e. The Morgan fingerprint density at radius 2 is 1.79 bits per heavy atom. The summed E-state index contributed by atoms with van der Waals surface area (Å²) in [5.74, 6) is 2.16. The topological polar surface area (TPSA) is 76.6 Å². The van der Waals surface area contributed by atoms with Gasteiger partial charge in [0, 0.05) is 48.5 Å². The zero-order valence-corrected chi connectivity index (χ0v) is 21.6. The van der Waals surface area contributed by atoms with Crippen molar-refractivity contribution >= 4 is 34.2 Å². The number of anilines is 1. The number of methoxy groups -OCH3 is 2. The molecule has 0 fully saturated rings.